The molecule has 0 bridgehead atoms. The zero-order valence-corrected chi connectivity index (χ0v) is 10.1. The van der Waals surface area contributed by atoms with Crippen LogP contribution in [-0.2, 0) is 0 Å². The van der Waals surface area contributed by atoms with Crippen molar-refractivity contribution in [3.05, 3.63) is 22.4 Å². The van der Waals surface area contributed by atoms with Gasteiger partial charge < -0.3 is 11.1 Å². The van der Waals surface area contributed by atoms with Gasteiger partial charge in [0.05, 0.1) is 11.4 Å². The summed E-state index contributed by atoms with van der Waals surface area (Å²) >= 11 is 1.50. The average molecular weight is 238 g/mol. The first-order valence-electron chi connectivity index (χ1n) is 5.83. The van der Waals surface area contributed by atoms with Crippen molar-refractivity contribution in [2.45, 2.75) is 37.8 Å². The molecular formula is C12H18N2OS. The van der Waals surface area contributed by atoms with E-state index in [0.29, 0.717) is 12.6 Å². The molecule has 0 aliphatic heterocycles. The second-order valence-electron chi connectivity index (χ2n) is 4.34. The van der Waals surface area contributed by atoms with E-state index in [9.17, 15) is 4.79 Å². The minimum absolute atomic E-state index is 0.174. The van der Waals surface area contributed by atoms with Crippen LogP contribution in [-0.4, -0.2) is 24.4 Å². The molecule has 0 saturated heterocycles. The Hall–Kier alpha value is -0.710. The number of ketones is 1. The maximum Gasteiger partial charge on any atom is 0.186 e. The van der Waals surface area contributed by atoms with Crippen molar-refractivity contribution in [3.8, 4) is 0 Å². The first-order valence-corrected chi connectivity index (χ1v) is 6.71. The van der Waals surface area contributed by atoms with Gasteiger partial charge in [-0.1, -0.05) is 18.9 Å². The quantitative estimate of drug-likeness (QED) is 0.786. The molecule has 1 aliphatic carbocycles. The molecule has 2 atom stereocenters. The third kappa shape index (κ3) is 2.90. The van der Waals surface area contributed by atoms with Gasteiger partial charge in [0.25, 0.3) is 0 Å². The highest BCUT2D eigenvalue weighted by Gasteiger charge is 2.21. The second kappa shape index (κ2) is 5.57. The summed E-state index contributed by atoms with van der Waals surface area (Å²) in [6, 6.07) is 4.31. The smallest absolute Gasteiger partial charge is 0.186 e. The first kappa shape index (κ1) is 11.8. The third-order valence-electron chi connectivity index (χ3n) is 3.14. The Morgan fingerprint density at radius 2 is 2.31 bits per heavy atom. The monoisotopic (exact) mass is 238 g/mol. The zero-order chi connectivity index (χ0) is 11.4. The Kier molecular flexibility index (Phi) is 4.09. The highest BCUT2D eigenvalue weighted by atomic mass is 32.1. The summed E-state index contributed by atoms with van der Waals surface area (Å²) in [5.41, 5.74) is 6.01. The molecule has 0 radical (unpaired) electrons. The predicted octanol–water partition coefficient (Wildman–Crippen LogP) is 1.79. The normalized spacial score (nSPS) is 25.6. The number of carbonyl (C=O) groups excluding carboxylic acids is 1. The molecule has 88 valence electrons. The van der Waals surface area contributed by atoms with Gasteiger partial charge in [-0.05, 0) is 24.3 Å². The molecule has 16 heavy (non-hydrogen) atoms. The molecule has 1 aliphatic rings. The van der Waals surface area contributed by atoms with Crippen molar-refractivity contribution in [3.63, 3.8) is 0 Å². The van der Waals surface area contributed by atoms with E-state index < -0.39 is 0 Å². The second-order valence-corrected chi connectivity index (χ2v) is 5.28. The predicted molar refractivity (Wildman–Crippen MR) is 66.9 cm³/mol. The van der Waals surface area contributed by atoms with Crippen molar-refractivity contribution in [2.24, 2.45) is 5.73 Å². The maximum atomic E-state index is 11.8. The Morgan fingerprint density at radius 1 is 1.50 bits per heavy atom. The molecule has 3 N–H and O–H groups in total. The van der Waals surface area contributed by atoms with Crippen molar-refractivity contribution in [2.75, 3.05) is 6.54 Å². The summed E-state index contributed by atoms with van der Waals surface area (Å²) in [6.07, 6.45) is 4.61. The third-order valence-corrected chi connectivity index (χ3v) is 4.05. The average Bonchev–Trinajstić information content (AvgIpc) is 2.81. The number of thiophene rings is 1. The van der Waals surface area contributed by atoms with E-state index in [1.807, 2.05) is 17.5 Å². The van der Waals surface area contributed by atoms with Gasteiger partial charge in [0.1, 0.15) is 0 Å². The molecule has 1 heterocycles. The molecule has 0 amide bonds. The van der Waals surface area contributed by atoms with Crippen LogP contribution < -0.4 is 11.1 Å². The van der Waals surface area contributed by atoms with E-state index in [1.54, 1.807) is 0 Å². The Morgan fingerprint density at radius 3 is 3.00 bits per heavy atom. The lowest BCUT2D eigenvalue weighted by atomic mass is 9.91. The number of hydrogen-bond donors (Lipinski definition) is 2. The number of nitrogens with two attached hydrogens (primary N) is 1. The van der Waals surface area contributed by atoms with Gasteiger partial charge in [-0.2, -0.15) is 0 Å². The van der Waals surface area contributed by atoms with Crippen molar-refractivity contribution >= 4 is 17.1 Å². The zero-order valence-electron chi connectivity index (χ0n) is 9.32. The Balaban J connectivity index is 1.80. The molecule has 1 aromatic rings. The lowest BCUT2D eigenvalue weighted by molar-refractivity contribution is 0.0987. The number of nitrogens with one attached hydrogen (secondary N) is 1. The van der Waals surface area contributed by atoms with Crippen molar-refractivity contribution < 1.29 is 4.79 Å². The summed E-state index contributed by atoms with van der Waals surface area (Å²) in [6.45, 7) is 0.416. The van der Waals surface area contributed by atoms with Crippen LogP contribution in [0, 0.1) is 0 Å². The molecule has 1 aromatic heterocycles. The van der Waals surface area contributed by atoms with Gasteiger partial charge in [-0.3, -0.25) is 4.79 Å². The van der Waals surface area contributed by atoms with E-state index in [1.165, 1.54) is 24.2 Å². The molecule has 4 heteroatoms. The summed E-state index contributed by atoms with van der Waals surface area (Å²) in [5, 5.41) is 5.22. The van der Waals surface area contributed by atoms with E-state index >= 15 is 0 Å². The Bertz CT molecular complexity index is 337. The van der Waals surface area contributed by atoms with Crippen LogP contribution >= 0.6 is 11.3 Å². The molecule has 0 spiro atoms. The fourth-order valence-corrected chi connectivity index (χ4v) is 2.83. The maximum absolute atomic E-state index is 11.8. The molecule has 0 aromatic carbocycles. The fourth-order valence-electron chi connectivity index (χ4n) is 2.16. The van der Waals surface area contributed by atoms with E-state index in [2.05, 4.69) is 5.32 Å². The lowest BCUT2D eigenvalue weighted by Gasteiger charge is -2.29. The van der Waals surface area contributed by atoms with Crippen LogP contribution in [0.15, 0.2) is 17.5 Å². The van der Waals surface area contributed by atoms with Gasteiger partial charge in [0.15, 0.2) is 5.78 Å². The van der Waals surface area contributed by atoms with Gasteiger partial charge >= 0.3 is 0 Å². The van der Waals surface area contributed by atoms with E-state index in [0.717, 1.165) is 17.7 Å². The van der Waals surface area contributed by atoms with Crippen LogP contribution in [0.25, 0.3) is 0 Å². The van der Waals surface area contributed by atoms with Crippen molar-refractivity contribution in [1.29, 1.82) is 0 Å². The SMILES string of the molecule is N[C@H]1CCCC[C@@H]1NCC(=O)c1cccs1. The minimum atomic E-state index is 0.174. The standard InChI is InChI=1S/C12H18N2OS/c13-9-4-1-2-5-10(9)14-8-11(15)12-6-3-7-16-12/h3,6-7,9-10,14H,1-2,4-5,8,13H2/t9-,10-/m0/s1. The number of rotatable bonds is 4. The largest absolute Gasteiger partial charge is 0.326 e. The Labute approximate surface area is 100 Å². The lowest BCUT2D eigenvalue weighted by Crippen LogP contribution is -2.48. The van der Waals surface area contributed by atoms with Gasteiger partial charge in [0, 0.05) is 12.1 Å². The molecule has 3 nitrogen and oxygen atoms in total. The van der Waals surface area contributed by atoms with Crippen molar-refractivity contribution in [1.82, 2.24) is 5.32 Å². The summed E-state index contributed by atoms with van der Waals surface area (Å²) < 4.78 is 0. The number of carbonyl (C=O) groups is 1. The van der Waals surface area contributed by atoms with Gasteiger partial charge in [0.2, 0.25) is 0 Å². The van der Waals surface area contributed by atoms with Crippen LogP contribution in [0.4, 0.5) is 0 Å². The van der Waals surface area contributed by atoms with Crippen LogP contribution in [0.1, 0.15) is 35.4 Å². The summed E-state index contributed by atoms with van der Waals surface area (Å²) in [4.78, 5) is 12.6. The van der Waals surface area contributed by atoms with Gasteiger partial charge in [-0.25, -0.2) is 0 Å². The van der Waals surface area contributed by atoms with Crippen LogP contribution in [0.5, 0.6) is 0 Å². The molecule has 1 saturated carbocycles. The van der Waals surface area contributed by atoms with Crippen LogP contribution in [0.3, 0.4) is 0 Å². The minimum Gasteiger partial charge on any atom is -0.326 e. The molecular weight excluding hydrogens is 220 g/mol. The topological polar surface area (TPSA) is 55.1 Å². The molecule has 1 fully saturated rings. The van der Waals surface area contributed by atoms with Gasteiger partial charge in [-0.15, -0.1) is 11.3 Å². The van der Waals surface area contributed by atoms with E-state index in [4.69, 9.17) is 5.73 Å². The van der Waals surface area contributed by atoms with Crippen LogP contribution in [0.2, 0.25) is 0 Å². The first-order chi connectivity index (χ1) is 7.77. The number of Topliss-reactive ketones (excluding diaryl/α,β-unsaturated/α-hetero) is 1. The summed E-state index contributed by atoms with van der Waals surface area (Å²) in [7, 11) is 0. The highest BCUT2D eigenvalue weighted by Crippen LogP contribution is 2.17. The highest BCUT2D eigenvalue weighted by molar-refractivity contribution is 7.12. The molecule has 2 rings (SSSR count). The summed E-state index contributed by atoms with van der Waals surface area (Å²) in [5.74, 6) is 0.174. The van der Waals surface area contributed by atoms with E-state index in [-0.39, 0.29) is 11.8 Å². The number of hydrogen-bond acceptors (Lipinski definition) is 4. The molecule has 0 unspecified atom stereocenters. The fraction of sp³-hybridized carbons (Fsp3) is 0.583.